The van der Waals surface area contributed by atoms with Crippen LogP contribution in [0.4, 0.5) is 0 Å². The van der Waals surface area contributed by atoms with Crippen LogP contribution >= 0.6 is 12.6 Å². The number of hydrogen-bond donors (Lipinski definition) is 3. The zero-order valence-electron chi connectivity index (χ0n) is 14.8. The van der Waals surface area contributed by atoms with Crippen molar-refractivity contribution in [2.75, 3.05) is 6.54 Å². The maximum atomic E-state index is 12.8. The molecule has 2 unspecified atom stereocenters. The zero-order chi connectivity index (χ0) is 19.4. The molecule has 26 heavy (non-hydrogen) atoms. The van der Waals surface area contributed by atoms with E-state index < -0.39 is 39.7 Å². The van der Waals surface area contributed by atoms with Crippen molar-refractivity contribution in [3.05, 3.63) is 60.2 Å². The SMILES string of the molecule is CC1(C)C=CC=CC(=O)[N+]1(CC(=O)O)NC(=O)C(S)Cc1ccccc1. The highest BCUT2D eigenvalue weighted by molar-refractivity contribution is 7.81. The minimum Gasteiger partial charge on any atom is -0.477 e. The second-order valence-corrected chi connectivity index (χ2v) is 7.38. The molecule has 1 aromatic carbocycles. The Labute approximate surface area is 158 Å². The minimum atomic E-state index is -1.19. The highest BCUT2D eigenvalue weighted by Crippen LogP contribution is 2.27. The van der Waals surface area contributed by atoms with E-state index in [9.17, 15) is 19.5 Å². The van der Waals surface area contributed by atoms with E-state index >= 15 is 0 Å². The number of hydrogen-bond acceptors (Lipinski definition) is 4. The van der Waals surface area contributed by atoms with Gasteiger partial charge in [-0.05, 0) is 31.9 Å². The summed E-state index contributed by atoms with van der Waals surface area (Å²) in [6, 6.07) is 9.36. The van der Waals surface area contributed by atoms with Gasteiger partial charge in [-0.3, -0.25) is 4.79 Å². The van der Waals surface area contributed by atoms with Gasteiger partial charge in [-0.1, -0.05) is 42.5 Å². The molecule has 2 atom stereocenters. The van der Waals surface area contributed by atoms with Gasteiger partial charge >= 0.3 is 11.9 Å². The number of carbonyl (C=O) groups excluding carboxylic acids is 2. The highest BCUT2D eigenvalue weighted by atomic mass is 32.1. The Kier molecular flexibility index (Phi) is 6.05. The van der Waals surface area contributed by atoms with Gasteiger partial charge in [0, 0.05) is 6.08 Å². The molecule has 1 aromatic rings. The van der Waals surface area contributed by atoms with Crippen molar-refractivity contribution in [2.24, 2.45) is 0 Å². The first-order chi connectivity index (χ1) is 12.2. The molecule has 1 aliphatic rings. The van der Waals surface area contributed by atoms with Crippen LogP contribution in [0.5, 0.6) is 0 Å². The van der Waals surface area contributed by atoms with Crippen LogP contribution in [0.15, 0.2) is 54.6 Å². The summed E-state index contributed by atoms with van der Waals surface area (Å²) in [7, 11) is 0. The van der Waals surface area contributed by atoms with Gasteiger partial charge in [0.05, 0.1) is 5.25 Å². The molecule has 2 amide bonds. The normalized spacial score (nSPS) is 22.5. The van der Waals surface area contributed by atoms with Crippen molar-refractivity contribution in [2.45, 2.75) is 31.1 Å². The topological polar surface area (TPSA) is 83.5 Å². The van der Waals surface area contributed by atoms with Crippen LogP contribution in [0, 0.1) is 0 Å². The number of aliphatic carboxylic acids is 1. The molecule has 138 valence electrons. The van der Waals surface area contributed by atoms with Crippen LogP contribution in [-0.2, 0) is 20.8 Å². The van der Waals surface area contributed by atoms with Crippen molar-refractivity contribution in [3.63, 3.8) is 0 Å². The van der Waals surface area contributed by atoms with E-state index in [2.05, 4.69) is 18.1 Å². The van der Waals surface area contributed by atoms with E-state index in [1.807, 2.05) is 30.3 Å². The number of carboxylic acids is 1. The number of benzene rings is 1. The van der Waals surface area contributed by atoms with E-state index in [0.29, 0.717) is 6.42 Å². The number of nitrogens with zero attached hydrogens (tertiary/aromatic N) is 1. The van der Waals surface area contributed by atoms with Crippen LogP contribution in [0.3, 0.4) is 0 Å². The van der Waals surface area contributed by atoms with E-state index in [-0.39, 0.29) is 0 Å². The van der Waals surface area contributed by atoms with Crippen molar-refractivity contribution in [1.82, 2.24) is 5.43 Å². The smallest absolute Gasteiger partial charge is 0.364 e. The molecule has 0 saturated carbocycles. The molecule has 1 heterocycles. The van der Waals surface area contributed by atoms with Crippen LogP contribution < -0.4 is 5.43 Å². The Hall–Kier alpha value is -2.38. The van der Waals surface area contributed by atoms with E-state index in [1.165, 1.54) is 6.08 Å². The molecule has 0 bridgehead atoms. The molecule has 2 rings (SSSR count). The molecule has 0 spiro atoms. The van der Waals surface area contributed by atoms with Gasteiger partial charge in [0.2, 0.25) is 6.54 Å². The summed E-state index contributed by atoms with van der Waals surface area (Å²) in [6.45, 7) is 2.85. The summed E-state index contributed by atoms with van der Waals surface area (Å²) >= 11 is 4.36. The standard InChI is InChI=1S/C19H22N2O4S/c1-19(2)11-7-6-10-16(22)21(19,13-17(23)24)20-18(25)15(26)12-14-8-4-3-5-9-14/h3-11,15H,12-13H2,1-2H3,(H2-,20,23,24,25,26)/p+1. The van der Waals surface area contributed by atoms with Gasteiger partial charge in [0.1, 0.15) is 5.54 Å². The quantitative estimate of drug-likeness (QED) is 0.524. The van der Waals surface area contributed by atoms with Crippen LogP contribution in [-0.4, -0.2) is 44.8 Å². The molecule has 2 N–H and O–H groups in total. The molecular weight excluding hydrogens is 352 g/mol. The molecule has 0 fully saturated rings. The summed E-state index contributed by atoms with van der Waals surface area (Å²) in [6.07, 6.45) is 6.57. The Bertz CT molecular complexity index is 758. The van der Waals surface area contributed by atoms with Crippen molar-refractivity contribution < 1.29 is 24.1 Å². The summed E-state index contributed by atoms with van der Waals surface area (Å²) in [5, 5.41) is 8.65. The molecule has 0 radical (unpaired) electrons. The van der Waals surface area contributed by atoms with Crippen molar-refractivity contribution in [3.8, 4) is 0 Å². The van der Waals surface area contributed by atoms with Crippen LogP contribution in [0.1, 0.15) is 19.4 Å². The fourth-order valence-corrected chi connectivity index (χ4v) is 3.15. The number of nitrogens with one attached hydrogen (secondary N) is 1. The number of rotatable bonds is 6. The Morgan fingerprint density at radius 2 is 1.88 bits per heavy atom. The van der Waals surface area contributed by atoms with Crippen LogP contribution in [0.25, 0.3) is 0 Å². The first-order valence-corrected chi connectivity index (χ1v) is 8.74. The number of amides is 2. The largest absolute Gasteiger partial charge is 0.477 e. The predicted molar refractivity (Wildman–Crippen MR) is 101 cm³/mol. The molecule has 7 heteroatoms. The van der Waals surface area contributed by atoms with E-state index in [4.69, 9.17) is 0 Å². The van der Waals surface area contributed by atoms with Gasteiger partial charge in [-0.25, -0.2) is 9.59 Å². The lowest BCUT2D eigenvalue weighted by Crippen LogP contribution is -2.74. The number of allylic oxidation sites excluding steroid dienone is 2. The average Bonchev–Trinajstić information content (AvgIpc) is 2.67. The first kappa shape index (κ1) is 19.9. The third kappa shape index (κ3) is 4.23. The summed E-state index contributed by atoms with van der Waals surface area (Å²) in [5.74, 6) is -2.19. The third-order valence-corrected chi connectivity index (χ3v) is 4.88. The second kappa shape index (κ2) is 7.88. The number of carboxylic acid groups (broad SMARTS) is 1. The second-order valence-electron chi connectivity index (χ2n) is 6.75. The Morgan fingerprint density at radius 1 is 1.23 bits per heavy atom. The first-order valence-electron chi connectivity index (χ1n) is 8.22. The predicted octanol–water partition coefficient (Wildman–Crippen LogP) is 1.89. The monoisotopic (exact) mass is 375 g/mol. The summed E-state index contributed by atoms with van der Waals surface area (Å²) in [5.41, 5.74) is 2.63. The number of thiol groups is 1. The maximum Gasteiger partial charge on any atom is 0.364 e. The highest BCUT2D eigenvalue weighted by Gasteiger charge is 2.52. The van der Waals surface area contributed by atoms with E-state index in [1.54, 1.807) is 32.1 Å². The molecular formula is C19H23N2O4S+. The fraction of sp³-hybridized carbons (Fsp3) is 0.316. The molecule has 0 aromatic heterocycles. The molecule has 0 aliphatic carbocycles. The molecule has 6 nitrogen and oxygen atoms in total. The number of carbonyl (C=O) groups is 3. The lowest BCUT2D eigenvalue weighted by molar-refractivity contribution is -0.919. The molecule has 1 aliphatic heterocycles. The van der Waals surface area contributed by atoms with Crippen molar-refractivity contribution >= 4 is 30.4 Å². The lowest BCUT2D eigenvalue weighted by atomic mass is 10.0. The van der Waals surface area contributed by atoms with E-state index in [0.717, 1.165) is 5.56 Å². The summed E-state index contributed by atoms with van der Waals surface area (Å²) in [4.78, 5) is 37.0. The van der Waals surface area contributed by atoms with Gasteiger partial charge in [0.25, 0.3) is 5.91 Å². The Morgan fingerprint density at radius 3 is 2.50 bits per heavy atom. The number of quaternary nitrogens is 1. The maximum absolute atomic E-state index is 12.8. The molecule has 0 saturated heterocycles. The lowest BCUT2D eigenvalue weighted by Gasteiger charge is -2.43. The van der Waals surface area contributed by atoms with Gasteiger partial charge in [-0.15, -0.1) is 4.59 Å². The van der Waals surface area contributed by atoms with Gasteiger partial charge in [0.15, 0.2) is 0 Å². The average molecular weight is 375 g/mol. The van der Waals surface area contributed by atoms with Crippen molar-refractivity contribution in [1.29, 1.82) is 0 Å². The summed E-state index contributed by atoms with van der Waals surface area (Å²) < 4.78 is -0.736. The third-order valence-electron chi connectivity index (χ3n) is 4.46. The van der Waals surface area contributed by atoms with Crippen LogP contribution in [0.2, 0.25) is 0 Å². The van der Waals surface area contributed by atoms with Gasteiger partial charge < -0.3 is 5.11 Å². The Balaban J connectivity index is 2.30. The zero-order valence-corrected chi connectivity index (χ0v) is 15.6. The van der Waals surface area contributed by atoms with Gasteiger partial charge in [-0.2, -0.15) is 18.1 Å². The minimum absolute atomic E-state index is 0.364. The fourth-order valence-electron chi connectivity index (χ4n) is 2.88.